The highest BCUT2D eigenvalue weighted by molar-refractivity contribution is 5.71. The fourth-order valence-electron chi connectivity index (χ4n) is 4.61. The van der Waals surface area contributed by atoms with E-state index < -0.39 is 23.4 Å². The first-order valence-electron chi connectivity index (χ1n) is 12.1. The largest absolute Gasteiger partial charge is 0.491 e. The molecule has 0 radical (unpaired) electrons. The van der Waals surface area contributed by atoms with E-state index in [9.17, 15) is 18.0 Å². The first-order chi connectivity index (χ1) is 17.2. The van der Waals surface area contributed by atoms with E-state index in [2.05, 4.69) is 0 Å². The van der Waals surface area contributed by atoms with Crippen molar-refractivity contribution in [1.29, 1.82) is 0 Å². The molecule has 1 atom stereocenters. The molecule has 3 aromatic rings. The Kier molecular flexibility index (Phi) is 7.99. The second-order valence-electron chi connectivity index (χ2n) is 9.55. The maximum absolute atomic E-state index is 14.7. The highest BCUT2D eigenvalue weighted by Gasteiger charge is 2.32. The number of hydrogen-bond donors (Lipinski definition) is 1. The zero-order chi connectivity index (χ0) is 25.8. The van der Waals surface area contributed by atoms with Crippen LogP contribution in [0.1, 0.15) is 46.6 Å². The number of aryl methyl sites for hydroxylation is 2. The average molecular weight is 498 g/mol. The molecule has 1 fully saturated rings. The van der Waals surface area contributed by atoms with Crippen molar-refractivity contribution >= 4 is 5.97 Å². The molecule has 190 valence electrons. The number of rotatable bonds is 10. The van der Waals surface area contributed by atoms with Crippen LogP contribution in [0.5, 0.6) is 5.75 Å². The molecule has 1 aliphatic heterocycles. The minimum atomic E-state index is -0.803. The highest BCUT2D eigenvalue weighted by Crippen LogP contribution is 2.33. The summed E-state index contributed by atoms with van der Waals surface area (Å²) in [6.07, 6.45) is 1.09. The molecule has 1 heterocycles. The molecule has 0 saturated carbocycles. The lowest BCUT2D eigenvalue weighted by Crippen LogP contribution is -2.49. The Morgan fingerprint density at radius 3 is 2.44 bits per heavy atom. The van der Waals surface area contributed by atoms with Gasteiger partial charge in [0, 0.05) is 31.6 Å². The van der Waals surface area contributed by atoms with Gasteiger partial charge in [-0.1, -0.05) is 30.3 Å². The molecule has 0 amide bonds. The van der Waals surface area contributed by atoms with Crippen LogP contribution in [0.15, 0.2) is 54.6 Å². The summed E-state index contributed by atoms with van der Waals surface area (Å²) in [7, 11) is 0. The average Bonchev–Trinajstić information content (AvgIpc) is 2.79. The van der Waals surface area contributed by atoms with Crippen LogP contribution in [-0.4, -0.2) is 35.7 Å². The van der Waals surface area contributed by atoms with Gasteiger partial charge in [-0.15, -0.1) is 0 Å². The lowest BCUT2D eigenvalue weighted by Gasteiger charge is -2.36. The van der Waals surface area contributed by atoms with Gasteiger partial charge in [-0.2, -0.15) is 0 Å². The Morgan fingerprint density at radius 1 is 1.00 bits per heavy atom. The third-order valence-electron chi connectivity index (χ3n) is 6.87. The Balaban J connectivity index is 1.37. The number of halogens is 3. The van der Waals surface area contributed by atoms with E-state index in [1.54, 1.807) is 12.1 Å². The second-order valence-corrected chi connectivity index (χ2v) is 9.55. The number of carboxylic acids is 1. The number of hydrogen-bond acceptors (Lipinski definition) is 3. The third-order valence-corrected chi connectivity index (χ3v) is 6.87. The summed E-state index contributed by atoms with van der Waals surface area (Å²) in [5.41, 5.74) is 4.34. The summed E-state index contributed by atoms with van der Waals surface area (Å²) in [4.78, 5) is 12.9. The summed E-state index contributed by atoms with van der Waals surface area (Å²) >= 11 is 0. The number of nitrogens with zero attached hydrogens (tertiary/aromatic N) is 1. The number of carbonyl (C=O) groups is 1. The van der Waals surface area contributed by atoms with E-state index in [-0.39, 0.29) is 24.2 Å². The Hall–Kier alpha value is -3.32. The predicted octanol–water partition coefficient (Wildman–Crippen LogP) is 6.23. The van der Waals surface area contributed by atoms with Gasteiger partial charge in [0.15, 0.2) is 11.6 Å². The van der Waals surface area contributed by atoms with Crippen molar-refractivity contribution in [1.82, 2.24) is 4.90 Å². The first-order valence-corrected chi connectivity index (χ1v) is 12.1. The molecular weight excluding hydrogens is 467 g/mol. The van der Waals surface area contributed by atoms with Gasteiger partial charge in [-0.05, 0) is 72.7 Å². The molecule has 36 heavy (non-hydrogen) atoms. The van der Waals surface area contributed by atoms with Gasteiger partial charge in [-0.3, -0.25) is 9.69 Å². The van der Waals surface area contributed by atoms with Gasteiger partial charge in [-0.25, -0.2) is 13.2 Å². The Labute approximate surface area is 209 Å². The van der Waals surface area contributed by atoms with Crippen molar-refractivity contribution in [2.24, 2.45) is 5.92 Å². The molecule has 4 rings (SSSR count). The van der Waals surface area contributed by atoms with Crippen LogP contribution in [0.4, 0.5) is 13.2 Å². The molecule has 0 spiro atoms. The molecule has 1 N–H and O–H groups in total. The van der Waals surface area contributed by atoms with E-state index in [0.29, 0.717) is 38.0 Å². The second kappa shape index (κ2) is 11.2. The van der Waals surface area contributed by atoms with Crippen molar-refractivity contribution in [2.45, 2.75) is 39.2 Å². The molecule has 0 aromatic heterocycles. The maximum Gasteiger partial charge on any atom is 0.309 e. The smallest absolute Gasteiger partial charge is 0.309 e. The summed E-state index contributed by atoms with van der Waals surface area (Å²) < 4.78 is 48.4. The monoisotopic (exact) mass is 497 g/mol. The van der Waals surface area contributed by atoms with Gasteiger partial charge in [0.05, 0.1) is 12.5 Å². The van der Waals surface area contributed by atoms with Crippen molar-refractivity contribution in [2.75, 3.05) is 19.7 Å². The van der Waals surface area contributed by atoms with Gasteiger partial charge in [0.1, 0.15) is 11.6 Å². The van der Waals surface area contributed by atoms with Crippen LogP contribution in [-0.2, 0) is 11.3 Å². The Morgan fingerprint density at radius 2 is 1.78 bits per heavy atom. The van der Waals surface area contributed by atoms with Gasteiger partial charge in [0.25, 0.3) is 0 Å². The number of likely N-dealkylation sites (tertiary alicyclic amines) is 1. The summed E-state index contributed by atoms with van der Waals surface area (Å²) in [6, 6.07) is 14.4. The highest BCUT2D eigenvalue weighted by atomic mass is 19.1. The fourth-order valence-corrected chi connectivity index (χ4v) is 4.61. The fraction of sp³-hybridized carbons (Fsp3) is 0.345. The quantitative estimate of drug-likeness (QED) is 0.338. The minimum Gasteiger partial charge on any atom is -0.491 e. The number of ether oxygens (including phenoxy) is 1. The summed E-state index contributed by atoms with van der Waals surface area (Å²) in [5.74, 6) is -2.98. The molecule has 7 heteroatoms. The molecule has 0 bridgehead atoms. The van der Waals surface area contributed by atoms with Crippen molar-refractivity contribution < 1.29 is 27.8 Å². The van der Waals surface area contributed by atoms with Crippen LogP contribution in [0.3, 0.4) is 0 Å². The SMILES string of the molecule is Cc1ccc(C(CCCOc2ccc(CN3CC(C(=O)O)C3)cc2F)c2ccc(F)cc2F)cc1C. The minimum absolute atomic E-state index is 0.140. The molecule has 3 aromatic carbocycles. The third kappa shape index (κ3) is 6.08. The van der Waals surface area contributed by atoms with Gasteiger partial charge >= 0.3 is 5.97 Å². The zero-order valence-electron chi connectivity index (χ0n) is 20.4. The van der Waals surface area contributed by atoms with E-state index >= 15 is 0 Å². The lowest BCUT2D eigenvalue weighted by atomic mass is 9.86. The van der Waals surface area contributed by atoms with E-state index in [1.807, 2.05) is 36.9 Å². The van der Waals surface area contributed by atoms with E-state index in [0.717, 1.165) is 28.3 Å². The van der Waals surface area contributed by atoms with Crippen LogP contribution in [0.25, 0.3) is 0 Å². The van der Waals surface area contributed by atoms with Crippen LogP contribution in [0, 0.1) is 37.2 Å². The zero-order valence-corrected chi connectivity index (χ0v) is 20.4. The predicted molar refractivity (Wildman–Crippen MR) is 132 cm³/mol. The number of carboxylic acid groups (broad SMARTS) is 1. The number of benzene rings is 3. The molecule has 1 aliphatic rings. The van der Waals surface area contributed by atoms with E-state index in [4.69, 9.17) is 9.84 Å². The van der Waals surface area contributed by atoms with Crippen molar-refractivity contribution in [3.63, 3.8) is 0 Å². The van der Waals surface area contributed by atoms with Crippen molar-refractivity contribution in [3.05, 3.63) is 99.9 Å². The maximum atomic E-state index is 14.7. The first kappa shape index (κ1) is 25.8. The van der Waals surface area contributed by atoms with Gasteiger partial charge in [0.2, 0.25) is 0 Å². The van der Waals surface area contributed by atoms with Crippen LogP contribution >= 0.6 is 0 Å². The standard InChI is InChI=1S/C29H30F3NO3/c1-18-5-7-21(12-19(18)2)24(25-9-8-23(30)14-26(25)31)4-3-11-36-28-10-6-20(13-27(28)32)15-33-16-22(17-33)29(34)35/h5-10,12-14,22,24H,3-4,11,15-17H2,1-2H3,(H,34,35). The van der Waals surface area contributed by atoms with Crippen molar-refractivity contribution in [3.8, 4) is 5.75 Å². The lowest BCUT2D eigenvalue weighted by molar-refractivity contribution is -0.147. The number of aliphatic carboxylic acids is 1. The normalized spacial score (nSPS) is 14.9. The van der Waals surface area contributed by atoms with Gasteiger partial charge < -0.3 is 9.84 Å². The Bertz CT molecular complexity index is 1240. The molecule has 0 aliphatic carbocycles. The molecule has 1 saturated heterocycles. The topological polar surface area (TPSA) is 49.8 Å². The molecule has 4 nitrogen and oxygen atoms in total. The summed E-state index contributed by atoms with van der Waals surface area (Å²) in [6.45, 7) is 5.67. The molecule has 1 unspecified atom stereocenters. The van der Waals surface area contributed by atoms with E-state index in [1.165, 1.54) is 18.2 Å². The summed E-state index contributed by atoms with van der Waals surface area (Å²) in [5, 5.41) is 8.97. The van der Waals surface area contributed by atoms with Crippen LogP contribution in [0.2, 0.25) is 0 Å². The van der Waals surface area contributed by atoms with Crippen LogP contribution < -0.4 is 4.74 Å². The molecular formula is C29H30F3NO3.